The monoisotopic (exact) mass is 217 g/mol. The highest BCUT2D eigenvalue weighted by atomic mass is 19.1. The number of rotatable bonds is 1. The zero-order chi connectivity index (χ0) is 11.5. The van der Waals surface area contributed by atoms with Crippen molar-refractivity contribution in [3.05, 3.63) is 47.8 Å². The number of nitrogens with zero attached hydrogens (tertiary/aromatic N) is 3. The molecule has 3 nitrogen and oxygen atoms in total. The van der Waals surface area contributed by atoms with Gasteiger partial charge in [-0.05, 0) is 18.2 Å². The fourth-order valence-corrected chi connectivity index (χ4v) is 1.24. The van der Waals surface area contributed by atoms with E-state index in [0.29, 0.717) is 0 Å². The number of halogens is 2. The SMILES string of the molecule is N#Cc1ccnc(-c2cc(F)cc(F)c2)n1. The molecular formula is C11H5F2N3. The van der Waals surface area contributed by atoms with Crippen molar-refractivity contribution in [1.82, 2.24) is 9.97 Å². The van der Waals surface area contributed by atoms with Crippen LogP contribution in [0.5, 0.6) is 0 Å². The van der Waals surface area contributed by atoms with Crippen LogP contribution in [0.1, 0.15) is 5.69 Å². The van der Waals surface area contributed by atoms with Crippen LogP contribution in [0, 0.1) is 23.0 Å². The summed E-state index contributed by atoms with van der Waals surface area (Å²) >= 11 is 0. The average molecular weight is 217 g/mol. The summed E-state index contributed by atoms with van der Waals surface area (Å²) in [5.41, 5.74) is 0.351. The third kappa shape index (κ3) is 2.01. The molecule has 1 aromatic heterocycles. The van der Waals surface area contributed by atoms with Crippen molar-refractivity contribution < 1.29 is 8.78 Å². The predicted molar refractivity (Wildman–Crippen MR) is 52.1 cm³/mol. The molecule has 78 valence electrons. The predicted octanol–water partition coefficient (Wildman–Crippen LogP) is 2.29. The van der Waals surface area contributed by atoms with Crippen molar-refractivity contribution in [1.29, 1.82) is 5.26 Å². The molecule has 1 aromatic carbocycles. The summed E-state index contributed by atoms with van der Waals surface area (Å²) < 4.78 is 25.9. The Kier molecular flexibility index (Phi) is 2.56. The standard InChI is InChI=1S/C11H5F2N3/c12-8-3-7(4-9(13)5-8)11-15-2-1-10(6-14)16-11/h1-5H. The van der Waals surface area contributed by atoms with Crippen LogP contribution in [0.25, 0.3) is 11.4 Å². The second-order valence-electron chi connectivity index (χ2n) is 3.04. The largest absolute Gasteiger partial charge is 0.236 e. The number of benzene rings is 1. The first-order valence-electron chi connectivity index (χ1n) is 4.38. The summed E-state index contributed by atoms with van der Waals surface area (Å²) in [6.07, 6.45) is 1.36. The molecule has 2 aromatic rings. The van der Waals surface area contributed by atoms with Crippen LogP contribution in [0.3, 0.4) is 0 Å². The molecule has 2 rings (SSSR count). The van der Waals surface area contributed by atoms with Gasteiger partial charge in [-0.1, -0.05) is 0 Å². The van der Waals surface area contributed by atoms with Crippen LogP contribution in [0.15, 0.2) is 30.5 Å². The molecule has 1 heterocycles. The van der Waals surface area contributed by atoms with E-state index in [9.17, 15) is 8.78 Å². The molecule has 0 radical (unpaired) electrons. The number of aromatic nitrogens is 2. The topological polar surface area (TPSA) is 49.6 Å². The van der Waals surface area contributed by atoms with E-state index in [4.69, 9.17) is 5.26 Å². The smallest absolute Gasteiger partial charge is 0.160 e. The molecule has 0 saturated heterocycles. The third-order valence-corrected chi connectivity index (χ3v) is 1.89. The molecule has 0 bridgehead atoms. The minimum Gasteiger partial charge on any atom is -0.236 e. The van der Waals surface area contributed by atoms with Crippen molar-refractivity contribution in [2.45, 2.75) is 0 Å². The van der Waals surface area contributed by atoms with Gasteiger partial charge in [0.15, 0.2) is 5.82 Å². The molecule has 0 N–H and O–H groups in total. The van der Waals surface area contributed by atoms with E-state index >= 15 is 0 Å². The number of nitriles is 1. The quantitative estimate of drug-likeness (QED) is 0.736. The normalized spacial score (nSPS) is 9.81. The Balaban J connectivity index is 2.54. The first-order valence-corrected chi connectivity index (χ1v) is 4.38. The lowest BCUT2D eigenvalue weighted by Gasteiger charge is -2.00. The van der Waals surface area contributed by atoms with Crippen molar-refractivity contribution in [3.63, 3.8) is 0 Å². The highest BCUT2D eigenvalue weighted by Gasteiger charge is 2.06. The maximum absolute atomic E-state index is 12.9. The van der Waals surface area contributed by atoms with E-state index < -0.39 is 11.6 Å². The molecule has 0 saturated carbocycles. The summed E-state index contributed by atoms with van der Waals surface area (Å²) in [6.45, 7) is 0. The third-order valence-electron chi connectivity index (χ3n) is 1.89. The fraction of sp³-hybridized carbons (Fsp3) is 0. The van der Waals surface area contributed by atoms with E-state index in [2.05, 4.69) is 9.97 Å². The molecule has 0 aliphatic rings. The molecule has 0 aliphatic heterocycles. The zero-order valence-electron chi connectivity index (χ0n) is 7.98. The minimum atomic E-state index is -0.707. The summed E-state index contributed by atoms with van der Waals surface area (Å²) in [4.78, 5) is 7.68. The van der Waals surface area contributed by atoms with Gasteiger partial charge in [-0.2, -0.15) is 5.26 Å². The van der Waals surface area contributed by atoms with E-state index in [1.54, 1.807) is 0 Å². The maximum atomic E-state index is 12.9. The first kappa shape index (κ1) is 10.2. The molecule has 0 atom stereocenters. The summed E-state index contributed by atoms with van der Waals surface area (Å²) in [5.74, 6) is -1.29. The average Bonchev–Trinajstić information content (AvgIpc) is 2.28. The lowest BCUT2D eigenvalue weighted by Crippen LogP contribution is -1.92. The van der Waals surface area contributed by atoms with Crippen LogP contribution in [-0.2, 0) is 0 Å². The van der Waals surface area contributed by atoms with Crippen molar-refractivity contribution in [3.8, 4) is 17.5 Å². The molecule has 0 aliphatic carbocycles. The van der Waals surface area contributed by atoms with Gasteiger partial charge in [-0.3, -0.25) is 0 Å². The van der Waals surface area contributed by atoms with Crippen LogP contribution >= 0.6 is 0 Å². The molecule has 0 fully saturated rings. The van der Waals surface area contributed by atoms with E-state index in [0.717, 1.165) is 18.2 Å². The second-order valence-corrected chi connectivity index (χ2v) is 3.04. The molecule has 0 unspecified atom stereocenters. The van der Waals surface area contributed by atoms with E-state index in [-0.39, 0.29) is 17.1 Å². The van der Waals surface area contributed by atoms with Gasteiger partial charge in [0.05, 0.1) is 0 Å². The molecule has 5 heteroatoms. The summed E-state index contributed by atoms with van der Waals surface area (Å²) in [5, 5.41) is 8.63. The van der Waals surface area contributed by atoms with Gasteiger partial charge < -0.3 is 0 Å². The van der Waals surface area contributed by atoms with E-state index in [1.807, 2.05) is 6.07 Å². The highest BCUT2D eigenvalue weighted by molar-refractivity contribution is 5.55. The first-order chi connectivity index (χ1) is 7.69. The van der Waals surface area contributed by atoms with Crippen LogP contribution < -0.4 is 0 Å². The van der Waals surface area contributed by atoms with E-state index in [1.165, 1.54) is 12.3 Å². The van der Waals surface area contributed by atoms with Gasteiger partial charge >= 0.3 is 0 Å². The van der Waals surface area contributed by atoms with Gasteiger partial charge in [0.2, 0.25) is 0 Å². The second kappa shape index (κ2) is 4.03. The van der Waals surface area contributed by atoms with Gasteiger partial charge in [0.1, 0.15) is 23.4 Å². The Morgan fingerprint density at radius 2 is 1.81 bits per heavy atom. The van der Waals surface area contributed by atoms with Crippen molar-refractivity contribution >= 4 is 0 Å². The zero-order valence-corrected chi connectivity index (χ0v) is 7.98. The minimum absolute atomic E-state index is 0.123. The molecular weight excluding hydrogens is 212 g/mol. The Bertz CT molecular complexity index is 555. The van der Waals surface area contributed by atoms with Crippen LogP contribution in [0.4, 0.5) is 8.78 Å². The Morgan fingerprint density at radius 1 is 1.12 bits per heavy atom. The van der Waals surface area contributed by atoms with Crippen LogP contribution in [-0.4, -0.2) is 9.97 Å². The lowest BCUT2D eigenvalue weighted by molar-refractivity contribution is 0.584. The Morgan fingerprint density at radius 3 is 2.44 bits per heavy atom. The Hall–Kier alpha value is -2.35. The van der Waals surface area contributed by atoms with Gasteiger partial charge in [0.25, 0.3) is 0 Å². The summed E-state index contributed by atoms with van der Waals surface area (Å²) in [6, 6.07) is 6.23. The maximum Gasteiger partial charge on any atom is 0.160 e. The number of hydrogen-bond acceptors (Lipinski definition) is 3. The molecule has 0 amide bonds. The van der Waals surface area contributed by atoms with Gasteiger partial charge in [-0.15, -0.1) is 0 Å². The van der Waals surface area contributed by atoms with Crippen molar-refractivity contribution in [2.75, 3.05) is 0 Å². The lowest BCUT2D eigenvalue weighted by atomic mass is 10.2. The fourth-order valence-electron chi connectivity index (χ4n) is 1.24. The summed E-state index contributed by atoms with van der Waals surface area (Å²) in [7, 11) is 0. The van der Waals surface area contributed by atoms with Crippen LogP contribution in [0.2, 0.25) is 0 Å². The molecule has 16 heavy (non-hydrogen) atoms. The van der Waals surface area contributed by atoms with Gasteiger partial charge in [0, 0.05) is 17.8 Å². The van der Waals surface area contributed by atoms with Gasteiger partial charge in [-0.25, -0.2) is 18.7 Å². The molecule has 0 spiro atoms. The highest BCUT2D eigenvalue weighted by Crippen LogP contribution is 2.17. The number of hydrogen-bond donors (Lipinski definition) is 0. The van der Waals surface area contributed by atoms with Crippen molar-refractivity contribution in [2.24, 2.45) is 0 Å². The Labute approximate surface area is 90.0 Å².